The van der Waals surface area contributed by atoms with Gasteiger partial charge in [-0.2, -0.15) is 4.31 Å². The van der Waals surface area contributed by atoms with E-state index in [1.165, 1.54) is 4.31 Å². The number of carbonyl (C=O) groups is 2. The van der Waals surface area contributed by atoms with Crippen LogP contribution in [-0.2, 0) is 19.6 Å². The SMILES string of the molecule is O=C(C(c1ccccc1)N1CCCCC1=O)N1CCN(S(=O)(=O)c2ccc3ccccc3c2)CC1. The summed E-state index contributed by atoms with van der Waals surface area (Å²) in [5.41, 5.74) is 0.791. The molecule has 0 radical (unpaired) electrons. The first-order valence-electron chi connectivity index (χ1n) is 12.1. The van der Waals surface area contributed by atoms with Crippen LogP contribution in [0.25, 0.3) is 10.8 Å². The zero-order chi connectivity index (χ0) is 24.4. The van der Waals surface area contributed by atoms with Crippen molar-refractivity contribution in [1.29, 1.82) is 0 Å². The number of sulfonamides is 1. The minimum absolute atomic E-state index is 0.00373. The Balaban J connectivity index is 1.33. The van der Waals surface area contributed by atoms with E-state index in [1.54, 1.807) is 21.9 Å². The lowest BCUT2D eigenvalue weighted by Crippen LogP contribution is -2.54. The summed E-state index contributed by atoms with van der Waals surface area (Å²) < 4.78 is 28.1. The molecule has 3 aromatic rings. The lowest BCUT2D eigenvalue weighted by molar-refractivity contribution is -0.148. The molecule has 8 heteroatoms. The van der Waals surface area contributed by atoms with Crippen molar-refractivity contribution >= 4 is 32.6 Å². The highest BCUT2D eigenvalue weighted by Gasteiger charge is 2.37. The molecule has 0 saturated carbocycles. The molecule has 2 aliphatic heterocycles. The first kappa shape index (κ1) is 23.5. The van der Waals surface area contributed by atoms with Gasteiger partial charge in [0.15, 0.2) is 0 Å². The fraction of sp³-hybridized carbons (Fsp3) is 0.333. The number of piperidine rings is 1. The van der Waals surface area contributed by atoms with E-state index in [-0.39, 0.29) is 42.9 Å². The Bertz CT molecular complexity index is 1330. The van der Waals surface area contributed by atoms with Gasteiger partial charge in [0.25, 0.3) is 0 Å². The van der Waals surface area contributed by atoms with Crippen molar-refractivity contribution in [1.82, 2.24) is 14.1 Å². The predicted octanol–water partition coefficient (Wildman–Crippen LogP) is 3.43. The molecule has 35 heavy (non-hydrogen) atoms. The highest BCUT2D eigenvalue weighted by Crippen LogP contribution is 2.29. The molecule has 1 atom stereocenters. The maximum atomic E-state index is 13.7. The van der Waals surface area contributed by atoms with Crippen molar-refractivity contribution in [3.05, 3.63) is 78.4 Å². The van der Waals surface area contributed by atoms with Crippen molar-refractivity contribution in [2.24, 2.45) is 0 Å². The van der Waals surface area contributed by atoms with Crippen LogP contribution in [0.5, 0.6) is 0 Å². The van der Waals surface area contributed by atoms with E-state index in [2.05, 4.69) is 0 Å². The topological polar surface area (TPSA) is 78.0 Å². The van der Waals surface area contributed by atoms with Crippen LogP contribution in [0.2, 0.25) is 0 Å². The van der Waals surface area contributed by atoms with Crippen LogP contribution in [0.1, 0.15) is 30.9 Å². The first-order valence-corrected chi connectivity index (χ1v) is 13.5. The number of fused-ring (bicyclic) bond motifs is 1. The third-order valence-electron chi connectivity index (χ3n) is 6.93. The molecule has 2 amide bonds. The average Bonchev–Trinajstić information content (AvgIpc) is 2.90. The van der Waals surface area contributed by atoms with Gasteiger partial charge < -0.3 is 9.80 Å². The normalized spacial score (nSPS) is 18.6. The van der Waals surface area contributed by atoms with E-state index in [1.807, 2.05) is 60.7 Å². The van der Waals surface area contributed by atoms with E-state index >= 15 is 0 Å². The van der Waals surface area contributed by atoms with Gasteiger partial charge in [0.1, 0.15) is 6.04 Å². The minimum Gasteiger partial charge on any atom is -0.338 e. The second-order valence-corrected chi connectivity index (χ2v) is 11.0. The quantitative estimate of drug-likeness (QED) is 0.548. The highest BCUT2D eigenvalue weighted by atomic mass is 32.2. The smallest absolute Gasteiger partial charge is 0.250 e. The molecule has 182 valence electrons. The molecule has 0 aromatic heterocycles. The van der Waals surface area contributed by atoms with Crippen LogP contribution in [0.3, 0.4) is 0 Å². The van der Waals surface area contributed by atoms with Gasteiger partial charge in [0, 0.05) is 39.1 Å². The molecular formula is C27H29N3O4S. The van der Waals surface area contributed by atoms with Crippen molar-refractivity contribution in [2.45, 2.75) is 30.2 Å². The lowest BCUT2D eigenvalue weighted by atomic mass is 9.99. The molecule has 2 saturated heterocycles. The summed E-state index contributed by atoms with van der Waals surface area (Å²) in [5.74, 6) is -0.148. The monoisotopic (exact) mass is 491 g/mol. The van der Waals surface area contributed by atoms with E-state index < -0.39 is 16.1 Å². The number of hydrogen-bond donors (Lipinski definition) is 0. The van der Waals surface area contributed by atoms with Gasteiger partial charge in [0.05, 0.1) is 4.90 Å². The Morgan fingerprint density at radius 2 is 1.46 bits per heavy atom. The molecule has 1 unspecified atom stereocenters. The van der Waals surface area contributed by atoms with Crippen LogP contribution >= 0.6 is 0 Å². The average molecular weight is 492 g/mol. The molecule has 7 nitrogen and oxygen atoms in total. The maximum Gasteiger partial charge on any atom is 0.250 e. The molecular weight excluding hydrogens is 462 g/mol. The zero-order valence-corrected chi connectivity index (χ0v) is 20.4. The van der Waals surface area contributed by atoms with Crippen molar-refractivity contribution in [3.8, 4) is 0 Å². The summed E-state index contributed by atoms with van der Waals surface area (Å²) in [6, 6.07) is 21.5. The van der Waals surface area contributed by atoms with Crippen molar-refractivity contribution in [3.63, 3.8) is 0 Å². The van der Waals surface area contributed by atoms with Gasteiger partial charge in [0.2, 0.25) is 21.8 Å². The summed E-state index contributed by atoms with van der Waals surface area (Å²) >= 11 is 0. The molecule has 2 heterocycles. The van der Waals surface area contributed by atoms with E-state index in [9.17, 15) is 18.0 Å². The molecule has 0 N–H and O–H groups in total. The second kappa shape index (κ2) is 9.79. The lowest BCUT2D eigenvalue weighted by Gasteiger charge is -2.40. The third-order valence-corrected chi connectivity index (χ3v) is 8.82. The Hall–Kier alpha value is -3.23. The Morgan fingerprint density at radius 1 is 0.771 bits per heavy atom. The standard InChI is InChI=1S/C27H29N3O4S/c31-25-12-6-7-15-30(25)26(22-9-2-1-3-10-22)27(32)28-16-18-29(19-17-28)35(33,34)24-14-13-21-8-4-5-11-23(21)20-24/h1-5,8-11,13-14,20,26H,6-7,12,15-19H2. The Kier molecular flexibility index (Phi) is 6.58. The maximum absolute atomic E-state index is 13.7. The van der Waals surface area contributed by atoms with Crippen molar-refractivity contribution < 1.29 is 18.0 Å². The van der Waals surface area contributed by atoms with Gasteiger partial charge in [-0.3, -0.25) is 9.59 Å². The van der Waals surface area contributed by atoms with Crippen LogP contribution < -0.4 is 0 Å². The van der Waals surface area contributed by atoms with Gasteiger partial charge in [-0.15, -0.1) is 0 Å². The zero-order valence-electron chi connectivity index (χ0n) is 19.5. The first-order chi connectivity index (χ1) is 16.9. The largest absolute Gasteiger partial charge is 0.338 e. The molecule has 2 aliphatic rings. The van der Waals surface area contributed by atoms with Gasteiger partial charge >= 0.3 is 0 Å². The number of amides is 2. The molecule has 3 aromatic carbocycles. The predicted molar refractivity (Wildman–Crippen MR) is 134 cm³/mol. The number of rotatable bonds is 5. The number of hydrogen-bond acceptors (Lipinski definition) is 4. The fourth-order valence-corrected chi connectivity index (χ4v) is 6.45. The number of piperazine rings is 1. The van der Waals surface area contributed by atoms with Crippen LogP contribution in [-0.4, -0.2) is 67.1 Å². The summed E-state index contributed by atoms with van der Waals surface area (Å²) in [4.78, 5) is 30.0. The second-order valence-electron chi connectivity index (χ2n) is 9.10. The summed E-state index contributed by atoms with van der Waals surface area (Å²) in [6.07, 6.45) is 2.17. The Morgan fingerprint density at radius 3 is 2.17 bits per heavy atom. The van der Waals surface area contributed by atoms with E-state index in [4.69, 9.17) is 0 Å². The molecule has 2 fully saturated rings. The van der Waals surface area contributed by atoms with E-state index in [0.717, 1.165) is 29.2 Å². The molecule has 0 aliphatic carbocycles. The number of benzene rings is 3. The number of likely N-dealkylation sites (tertiary alicyclic amines) is 1. The minimum atomic E-state index is -3.67. The number of carbonyl (C=O) groups excluding carboxylic acids is 2. The fourth-order valence-electron chi connectivity index (χ4n) is 4.99. The molecule has 0 bridgehead atoms. The van der Waals surface area contributed by atoms with Gasteiger partial charge in [-0.05, 0) is 41.3 Å². The third kappa shape index (κ3) is 4.68. The van der Waals surface area contributed by atoms with Crippen LogP contribution in [0.15, 0.2) is 77.7 Å². The van der Waals surface area contributed by atoms with E-state index in [0.29, 0.717) is 13.0 Å². The summed E-state index contributed by atoms with van der Waals surface area (Å²) in [5, 5.41) is 1.86. The summed E-state index contributed by atoms with van der Waals surface area (Å²) in [7, 11) is -3.67. The summed E-state index contributed by atoms with van der Waals surface area (Å²) in [6.45, 7) is 1.57. The number of nitrogens with zero attached hydrogens (tertiary/aromatic N) is 3. The van der Waals surface area contributed by atoms with Crippen LogP contribution in [0, 0.1) is 0 Å². The molecule has 0 spiro atoms. The van der Waals surface area contributed by atoms with Crippen LogP contribution in [0.4, 0.5) is 0 Å². The van der Waals surface area contributed by atoms with Crippen molar-refractivity contribution in [2.75, 3.05) is 32.7 Å². The Labute approximate surface area is 206 Å². The molecule has 5 rings (SSSR count). The van der Waals surface area contributed by atoms with Gasteiger partial charge in [-0.1, -0.05) is 60.7 Å². The highest BCUT2D eigenvalue weighted by molar-refractivity contribution is 7.89. The van der Waals surface area contributed by atoms with Gasteiger partial charge in [-0.25, -0.2) is 8.42 Å².